The number of halogens is 1. The SMILES string of the molecule is Br.C=CCN1CC[C@@]23CCCC[C@H]2[C@@H]1Cc1ccc(OC)cc13. The molecule has 3 atom stereocenters. The Hall–Kier alpha value is -0.800. The molecule has 0 amide bonds. The summed E-state index contributed by atoms with van der Waals surface area (Å²) in [5.41, 5.74) is 3.60. The van der Waals surface area contributed by atoms with Crippen LogP contribution in [0.5, 0.6) is 5.75 Å². The molecule has 2 nitrogen and oxygen atoms in total. The van der Waals surface area contributed by atoms with Gasteiger partial charge in [-0.3, -0.25) is 4.90 Å². The fourth-order valence-electron chi connectivity index (χ4n) is 5.58. The molecule has 3 aliphatic rings. The molecule has 2 bridgehead atoms. The first kappa shape index (κ1) is 17.0. The molecule has 4 rings (SSSR count). The van der Waals surface area contributed by atoms with Gasteiger partial charge in [-0.25, -0.2) is 0 Å². The van der Waals surface area contributed by atoms with Crippen molar-refractivity contribution in [1.29, 1.82) is 0 Å². The zero-order chi connectivity index (χ0) is 15.2. The number of rotatable bonds is 3. The predicted molar refractivity (Wildman–Crippen MR) is 101 cm³/mol. The summed E-state index contributed by atoms with van der Waals surface area (Å²) in [6.07, 6.45) is 10.2. The van der Waals surface area contributed by atoms with E-state index in [4.69, 9.17) is 4.74 Å². The molecule has 1 saturated carbocycles. The summed E-state index contributed by atoms with van der Waals surface area (Å²) in [7, 11) is 1.79. The van der Waals surface area contributed by atoms with Gasteiger partial charge < -0.3 is 4.74 Å². The van der Waals surface area contributed by atoms with E-state index in [9.17, 15) is 0 Å². The molecule has 1 aromatic rings. The van der Waals surface area contributed by atoms with Gasteiger partial charge in [0.2, 0.25) is 0 Å². The Morgan fingerprint density at radius 3 is 3.00 bits per heavy atom. The van der Waals surface area contributed by atoms with E-state index in [1.165, 1.54) is 45.1 Å². The van der Waals surface area contributed by atoms with Crippen molar-refractivity contribution in [3.05, 3.63) is 42.0 Å². The van der Waals surface area contributed by atoms with Crippen molar-refractivity contribution < 1.29 is 4.74 Å². The molecule has 0 spiro atoms. The molecule has 23 heavy (non-hydrogen) atoms. The maximum Gasteiger partial charge on any atom is 0.119 e. The normalized spacial score (nSPS) is 32.2. The number of hydrogen-bond acceptors (Lipinski definition) is 2. The van der Waals surface area contributed by atoms with Crippen LogP contribution in [0, 0.1) is 5.92 Å². The summed E-state index contributed by atoms with van der Waals surface area (Å²) < 4.78 is 5.53. The quantitative estimate of drug-likeness (QED) is 0.718. The number of fused-ring (bicyclic) bond motifs is 1. The highest BCUT2D eigenvalue weighted by atomic mass is 79.9. The molecule has 1 saturated heterocycles. The zero-order valence-corrected chi connectivity index (χ0v) is 15.8. The first-order chi connectivity index (χ1) is 10.8. The van der Waals surface area contributed by atoms with Crippen LogP contribution in [0.15, 0.2) is 30.9 Å². The van der Waals surface area contributed by atoms with Crippen LogP contribution in [0.25, 0.3) is 0 Å². The number of ether oxygens (including phenoxy) is 1. The van der Waals surface area contributed by atoms with Gasteiger partial charge in [-0.05, 0) is 61.4 Å². The summed E-state index contributed by atoms with van der Waals surface area (Å²) >= 11 is 0. The second-order valence-corrected chi connectivity index (χ2v) is 7.34. The summed E-state index contributed by atoms with van der Waals surface area (Å²) in [4.78, 5) is 2.69. The van der Waals surface area contributed by atoms with Gasteiger partial charge in [-0.1, -0.05) is 25.0 Å². The van der Waals surface area contributed by atoms with Crippen molar-refractivity contribution in [2.24, 2.45) is 5.92 Å². The van der Waals surface area contributed by atoms with E-state index >= 15 is 0 Å². The first-order valence-corrected chi connectivity index (χ1v) is 8.81. The Balaban J connectivity index is 0.00000156. The second-order valence-electron chi connectivity index (χ2n) is 7.34. The smallest absolute Gasteiger partial charge is 0.119 e. The molecule has 1 aliphatic heterocycles. The van der Waals surface area contributed by atoms with Crippen LogP contribution in [0.2, 0.25) is 0 Å². The molecule has 1 aromatic carbocycles. The molecule has 0 radical (unpaired) electrons. The van der Waals surface area contributed by atoms with Crippen molar-refractivity contribution in [3.8, 4) is 5.75 Å². The number of likely N-dealkylation sites (tertiary alicyclic amines) is 1. The van der Waals surface area contributed by atoms with Gasteiger partial charge in [0, 0.05) is 18.0 Å². The topological polar surface area (TPSA) is 12.5 Å². The van der Waals surface area contributed by atoms with Crippen LogP contribution in [0.4, 0.5) is 0 Å². The fraction of sp³-hybridized carbons (Fsp3) is 0.600. The standard InChI is InChI=1S/C20H27NO.BrH/c1-3-11-21-12-10-20-9-5-4-6-17(20)19(21)13-15-7-8-16(22-2)14-18(15)20;/h3,7-8,14,17,19H,1,4-6,9-13H2,2H3;1H/t17-,19-,20-;/m0./s1. The average Bonchev–Trinajstić information content (AvgIpc) is 2.57. The third kappa shape index (κ3) is 2.56. The third-order valence-corrected chi connectivity index (χ3v) is 6.52. The van der Waals surface area contributed by atoms with E-state index in [1.54, 1.807) is 18.2 Å². The minimum atomic E-state index is 0. The Bertz CT molecular complexity index is 587. The minimum absolute atomic E-state index is 0. The van der Waals surface area contributed by atoms with Crippen LogP contribution < -0.4 is 4.74 Å². The lowest BCUT2D eigenvalue weighted by Gasteiger charge is -2.59. The van der Waals surface area contributed by atoms with E-state index in [0.29, 0.717) is 11.5 Å². The molecule has 0 unspecified atom stereocenters. The van der Waals surface area contributed by atoms with Gasteiger partial charge in [0.05, 0.1) is 7.11 Å². The first-order valence-electron chi connectivity index (χ1n) is 8.81. The zero-order valence-electron chi connectivity index (χ0n) is 14.1. The van der Waals surface area contributed by atoms with Crippen LogP contribution in [0.1, 0.15) is 43.2 Å². The molecule has 2 aliphatic carbocycles. The fourth-order valence-corrected chi connectivity index (χ4v) is 5.58. The third-order valence-electron chi connectivity index (χ3n) is 6.52. The van der Waals surface area contributed by atoms with Crippen LogP contribution in [-0.4, -0.2) is 31.1 Å². The maximum atomic E-state index is 5.53. The van der Waals surface area contributed by atoms with Gasteiger partial charge in [-0.2, -0.15) is 0 Å². The van der Waals surface area contributed by atoms with E-state index in [0.717, 1.165) is 18.2 Å². The molecule has 1 heterocycles. The summed E-state index contributed by atoms with van der Waals surface area (Å²) in [6, 6.07) is 7.54. The monoisotopic (exact) mass is 377 g/mol. The molecule has 2 fully saturated rings. The lowest BCUT2D eigenvalue weighted by Crippen LogP contribution is -2.60. The Labute approximate surface area is 150 Å². The lowest BCUT2D eigenvalue weighted by atomic mass is 9.52. The van der Waals surface area contributed by atoms with Crippen LogP contribution >= 0.6 is 17.0 Å². The largest absolute Gasteiger partial charge is 0.497 e. The molecule has 126 valence electrons. The van der Waals surface area contributed by atoms with E-state index < -0.39 is 0 Å². The van der Waals surface area contributed by atoms with E-state index in [1.807, 2.05) is 0 Å². The minimum Gasteiger partial charge on any atom is -0.497 e. The summed E-state index contributed by atoms with van der Waals surface area (Å²) in [6.45, 7) is 6.24. The molecular weight excluding hydrogens is 350 g/mol. The molecule has 3 heteroatoms. The number of methoxy groups -OCH3 is 1. The van der Waals surface area contributed by atoms with Crippen molar-refractivity contribution >= 4 is 17.0 Å². The lowest BCUT2D eigenvalue weighted by molar-refractivity contribution is -0.00517. The predicted octanol–water partition coefficient (Wildman–Crippen LogP) is 4.52. The number of benzene rings is 1. The van der Waals surface area contributed by atoms with Gasteiger partial charge in [0.25, 0.3) is 0 Å². The van der Waals surface area contributed by atoms with Crippen LogP contribution in [0.3, 0.4) is 0 Å². The Morgan fingerprint density at radius 1 is 1.35 bits per heavy atom. The highest BCUT2D eigenvalue weighted by molar-refractivity contribution is 8.93. The van der Waals surface area contributed by atoms with Crippen molar-refractivity contribution in [2.75, 3.05) is 20.2 Å². The van der Waals surface area contributed by atoms with E-state index in [-0.39, 0.29) is 17.0 Å². The average molecular weight is 378 g/mol. The summed E-state index contributed by atoms with van der Waals surface area (Å²) in [5.74, 6) is 1.86. The Kier molecular flexibility index (Phi) is 4.89. The molecule has 0 aromatic heterocycles. The molecule has 0 N–H and O–H groups in total. The summed E-state index contributed by atoms with van der Waals surface area (Å²) in [5, 5.41) is 0. The van der Waals surface area contributed by atoms with Gasteiger partial charge in [0.15, 0.2) is 0 Å². The molecular formula is C20H28BrNO. The maximum absolute atomic E-state index is 5.53. The second kappa shape index (κ2) is 6.60. The van der Waals surface area contributed by atoms with Crippen molar-refractivity contribution in [2.45, 2.75) is 50.0 Å². The van der Waals surface area contributed by atoms with Gasteiger partial charge in [0.1, 0.15) is 5.75 Å². The Morgan fingerprint density at radius 2 is 2.22 bits per heavy atom. The highest BCUT2D eigenvalue weighted by Crippen LogP contribution is 2.56. The van der Waals surface area contributed by atoms with Gasteiger partial charge in [-0.15, -0.1) is 23.6 Å². The van der Waals surface area contributed by atoms with Gasteiger partial charge >= 0.3 is 0 Å². The number of nitrogens with zero attached hydrogens (tertiary/aromatic N) is 1. The highest BCUT2D eigenvalue weighted by Gasteiger charge is 2.53. The van der Waals surface area contributed by atoms with Crippen molar-refractivity contribution in [3.63, 3.8) is 0 Å². The number of hydrogen-bond donors (Lipinski definition) is 0. The number of piperidine rings is 1. The van der Waals surface area contributed by atoms with E-state index in [2.05, 4.69) is 35.8 Å². The van der Waals surface area contributed by atoms with Crippen molar-refractivity contribution in [1.82, 2.24) is 4.90 Å². The van der Waals surface area contributed by atoms with Crippen LogP contribution in [-0.2, 0) is 11.8 Å².